The third-order valence-electron chi connectivity index (χ3n) is 5.63. The summed E-state index contributed by atoms with van der Waals surface area (Å²) in [7, 11) is 0. The smallest absolute Gasteiger partial charge is 0.223 e. The summed E-state index contributed by atoms with van der Waals surface area (Å²) in [5.41, 5.74) is 0. The normalized spacial score (nSPS) is 46.4. The van der Waals surface area contributed by atoms with E-state index in [1.807, 2.05) is 0 Å². The number of carbonyl (C=O) groups excluding carboxylic acids is 1. The Balaban J connectivity index is 1.88. The van der Waals surface area contributed by atoms with Crippen molar-refractivity contribution in [1.82, 2.24) is 5.32 Å². The van der Waals surface area contributed by atoms with E-state index in [0.717, 1.165) is 11.8 Å². The second kappa shape index (κ2) is 4.62. The van der Waals surface area contributed by atoms with Crippen molar-refractivity contribution in [3.05, 3.63) is 0 Å². The van der Waals surface area contributed by atoms with Crippen LogP contribution in [0.2, 0.25) is 0 Å². The molecular weight excluding hydrogens is 210 g/mol. The highest BCUT2D eigenvalue weighted by molar-refractivity contribution is 5.79. The molecule has 2 heteroatoms. The van der Waals surface area contributed by atoms with E-state index in [4.69, 9.17) is 0 Å². The Labute approximate surface area is 105 Å². The molecule has 0 aromatic heterocycles. The first-order valence-electron chi connectivity index (χ1n) is 7.58. The molecule has 2 saturated carbocycles. The van der Waals surface area contributed by atoms with Gasteiger partial charge in [0.1, 0.15) is 0 Å². The molecule has 0 aromatic rings. The van der Waals surface area contributed by atoms with E-state index in [9.17, 15) is 4.79 Å². The molecular formula is C15H25NO. The highest BCUT2D eigenvalue weighted by Gasteiger charge is 2.44. The maximum Gasteiger partial charge on any atom is 0.223 e. The first-order chi connectivity index (χ1) is 8.27. The van der Waals surface area contributed by atoms with Crippen LogP contribution in [0, 0.1) is 23.7 Å². The summed E-state index contributed by atoms with van der Waals surface area (Å²) < 4.78 is 0. The monoisotopic (exact) mass is 235 g/mol. The van der Waals surface area contributed by atoms with Crippen molar-refractivity contribution >= 4 is 5.91 Å². The summed E-state index contributed by atoms with van der Waals surface area (Å²) in [5.74, 6) is 2.91. The fourth-order valence-corrected chi connectivity index (χ4v) is 4.70. The molecule has 5 atom stereocenters. The Morgan fingerprint density at radius 2 is 1.47 bits per heavy atom. The second-order valence-corrected chi connectivity index (χ2v) is 6.46. The first kappa shape index (κ1) is 11.6. The lowest BCUT2D eigenvalue weighted by atomic mass is 9.64. The van der Waals surface area contributed by atoms with Crippen molar-refractivity contribution in [2.45, 2.75) is 64.3 Å². The standard InChI is InChI=1S/C15H25NO/c1-10-11-6-2-3-7-12(11)13-8-4-5-9-14(13)16-15(10)17/h10-14H,2-9H2,1H3,(H,16,17). The minimum atomic E-state index is 0.255. The van der Waals surface area contributed by atoms with Gasteiger partial charge in [0, 0.05) is 12.0 Å². The summed E-state index contributed by atoms with van der Waals surface area (Å²) in [6.45, 7) is 2.16. The molecule has 0 spiro atoms. The molecule has 96 valence electrons. The van der Waals surface area contributed by atoms with Gasteiger partial charge >= 0.3 is 0 Å². The fourth-order valence-electron chi connectivity index (χ4n) is 4.70. The molecule has 0 aromatic carbocycles. The van der Waals surface area contributed by atoms with Crippen LogP contribution in [0.1, 0.15) is 58.3 Å². The third-order valence-corrected chi connectivity index (χ3v) is 5.63. The number of fused-ring (bicyclic) bond motifs is 3. The van der Waals surface area contributed by atoms with Crippen molar-refractivity contribution < 1.29 is 4.79 Å². The Morgan fingerprint density at radius 3 is 2.24 bits per heavy atom. The number of amides is 1. The lowest BCUT2D eigenvalue weighted by Crippen LogP contribution is -2.42. The van der Waals surface area contributed by atoms with Crippen LogP contribution in [-0.2, 0) is 4.79 Å². The summed E-state index contributed by atoms with van der Waals surface area (Å²) in [5, 5.41) is 3.35. The van der Waals surface area contributed by atoms with Crippen LogP contribution < -0.4 is 5.32 Å². The third kappa shape index (κ3) is 2.00. The molecule has 2 nitrogen and oxygen atoms in total. The molecule has 0 bridgehead atoms. The van der Waals surface area contributed by atoms with E-state index >= 15 is 0 Å². The molecule has 3 aliphatic rings. The van der Waals surface area contributed by atoms with Gasteiger partial charge < -0.3 is 5.32 Å². The predicted molar refractivity (Wildman–Crippen MR) is 68.5 cm³/mol. The van der Waals surface area contributed by atoms with E-state index in [2.05, 4.69) is 12.2 Å². The molecule has 17 heavy (non-hydrogen) atoms. The van der Waals surface area contributed by atoms with Crippen LogP contribution in [0.25, 0.3) is 0 Å². The van der Waals surface area contributed by atoms with Gasteiger partial charge in [-0.3, -0.25) is 4.79 Å². The second-order valence-electron chi connectivity index (χ2n) is 6.46. The van der Waals surface area contributed by atoms with Gasteiger partial charge in [0.2, 0.25) is 5.91 Å². The largest absolute Gasteiger partial charge is 0.353 e. The molecule has 1 amide bonds. The Kier molecular flexibility index (Phi) is 3.14. The van der Waals surface area contributed by atoms with Gasteiger partial charge in [0.25, 0.3) is 0 Å². The summed E-state index contributed by atoms with van der Waals surface area (Å²) in [6.07, 6.45) is 10.7. The Bertz CT molecular complexity index is 301. The molecule has 2 aliphatic carbocycles. The molecule has 3 rings (SSSR count). The average molecular weight is 235 g/mol. The Hall–Kier alpha value is -0.530. The van der Waals surface area contributed by atoms with Crippen LogP contribution >= 0.6 is 0 Å². The van der Waals surface area contributed by atoms with Crippen LogP contribution in [0.3, 0.4) is 0 Å². The fraction of sp³-hybridized carbons (Fsp3) is 0.933. The van der Waals surface area contributed by atoms with Crippen molar-refractivity contribution in [2.75, 3.05) is 0 Å². The van der Waals surface area contributed by atoms with Crippen LogP contribution in [0.4, 0.5) is 0 Å². The zero-order valence-corrected chi connectivity index (χ0v) is 11.0. The van der Waals surface area contributed by atoms with Crippen molar-refractivity contribution in [3.63, 3.8) is 0 Å². The number of rotatable bonds is 0. The number of hydrogen-bond acceptors (Lipinski definition) is 1. The quantitative estimate of drug-likeness (QED) is 0.686. The van der Waals surface area contributed by atoms with Crippen molar-refractivity contribution in [1.29, 1.82) is 0 Å². The van der Waals surface area contributed by atoms with E-state index in [1.54, 1.807) is 0 Å². The maximum absolute atomic E-state index is 12.2. The van der Waals surface area contributed by atoms with E-state index in [-0.39, 0.29) is 5.92 Å². The van der Waals surface area contributed by atoms with Crippen LogP contribution in [-0.4, -0.2) is 11.9 Å². The Morgan fingerprint density at radius 1 is 0.882 bits per heavy atom. The van der Waals surface area contributed by atoms with Gasteiger partial charge in [-0.25, -0.2) is 0 Å². The first-order valence-corrected chi connectivity index (χ1v) is 7.58. The lowest BCUT2D eigenvalue weighted by Gasteiger charge is -2.41. The van der Waals surface area contributed by atoms with Gasteiger partial charge in [-0.1, -0.05) is 32.6 Å². The summed E-state index contributed by atoms with van der Waals surface area (Å²) in [6, 6.07) is 0.506. The van der Waals surface area contributed by atoms with Gasteiger partial charge in [-0.15, -0.1) is 0 Å². The zero-order valence-electron chi connectivity index (χ0n) is 11.0. The van der Waals surface area contributed by atoms with Gasteiger partial charge in [0.05, 0.1) is 0 Å². The van der Waals surface area contributed by atoms with Crippen LogP contribution in [0.5, 0.6) is 0 Å². The van der Waals surface area contributed by atoms with Crippen LogP contribution in [0.15, 0.2) is 0 Å². The number of nitrogens with one attached hydrogen (secondary N) is 1. The topological polar surface area (TPSA) is 29.1 Å². The minimum Gasteiger partial charge on any atom is -0.353 e. The summed E-state index contributed by atoms with van der Waals surface area (Å²) in [4.78, 5) is 12.2. The van der Waals surface area contributed by atoms with Crippen molar-refractivity contribution in [3.8, 4) is 0 Å². The van der Waals surface area contributed by atoms with E-state index < -0.39 is 0 Å². The van der Waals surface area contributed by atoms with Crippen molar-refractivity contribution in [2.24, 2.45) is 23.7 Å². The minimum absolute atomic E-state index is 0.255. The van der Waals surface area contributed by atoms with E-state index in [0.29, 0.717) is 17.9 Å². The maximum atomic E-state index is 12.2. The lowest BCUT2D eigenvalue weighted by molar-refractivity contribution is -0.126. The molecule has 5 unspecified atom stereocenters. The van der Waals surface area contributed by atoms with E-state index in [1.165, 1.54) is 51.4 Å². The molecule has 1 N–H and O–H groups in total. The molecule has 3 fully saturated rings. The number of carbonyl (C=O) groups is 1. The highest BCUT2D eigenvalue weighted by Crippen LogP contribution is 2.46. The average Bonchev–Trinajstić information content (AvgIpc) is 2.48. The zero-order chi connectivity index (χ0) is 11.8. The molecule has 0 radical (unpaired) electrons. The molecule has 1 heterocycles. The number of hydrogen-bond donors (Lipinski definition) is 1. The predicted octanol–water partition coefficient (Wildman–Crippen LogP) is 3.12. The van der Waals surface area contributed by atoms with Gasteiger partial charge in [-0.2, -0.15) is 0 Å². The van der Waals surface area contributed by atoms with Gasteiger partial charge in [-0.05, 0) is 43.4 Å². The molecule has 1 aliphatic heterocycles. The summed E-state index contributed by atoms with van der Waals surface area (Å²) >= 11 is 0. The highest BCUT2D eigenvalue weighted by atomic mass is 16.2. The molecule has 1 saturated heterocycles. The van der Waals surface area contributed by atoms with Gasteiger partial charge in [0.15, 0.2) is 0 Å². The SMILES string of the molecule is CC1C(=O)NC2CCCCC2C2CCCCC12.